The second-order valence-corrected chi connectivity index (χ2v) is 7.34. The average molecular weight is 381 g/mol. The summed E-state index contributed by atoms with van der Waals surface area (Å²) in [6, 6.07) is 4.87. The first-order valence-corrected chi connectivity index (χ1v) is 8.67. The van der Waals surface area contributed by atoms with Gasteiger partial charge in [0.25, 0.3) is 0 Å². The molecule has 2 heterocycles. The monoisotopic (exact) mass is 381 g/mol. The van der Waals surface area contributed by atoms with Gasteiger partial charge < -0.3 is 11.1 Å². The summed E-state index contributed by atoms with van der Waals surface area (Å²) in [4.78, 5) is 11.8. The summed E-state index contributed by atoms with van der Waals surface area (Å²) in [5, 5.41) is 11.5. The number of carbonyl (C=O) groups is 1. The van der Waals surface area contributed by atoms with Gasteiger partial charge in [0.05, 0.1) is 17.3 Å². The smallest absolute Gasteiger partial charge is 0.370 e. The Balaban J connectivity index is 1.99. The Labute approximate surface area is 154 Å². The van der Waals surface area contributed by atoms with Crippen LogP contribution in [0.3, 0.4) is 0 Å². The molecule has 2 aromatic rings. The number of alkyl halides is 3. The normalized spacial score (nSPS) is 26.1. The van der Waals surface area contributed by atoms with Crippen molar-refractivity contribution >= 4 is 5.91 Å². The zero-order valence-corrected chi connectivity index (χ0v) is 15.1. The standard InChI is InChI=1S/C18H22F3N5O/c1-11-7-17(9-16(22)27,8-14(23-11)15-10-26(2)25-24-15)12-3-5-13(6-4-12)18(19,20)21/h3-6,10-11,14,23H,7-9H2,1-2H3,(H2,22,27)/t11-,14-,17+/m0/s1. The number of rotatable bonds is 4. The predicted molar refractivity (Wildman–Crippen MR) is 92.5 cm³/mol. The lowest BCUT2D eigenvalue weighted by molar-refractivity contribution is -0.137. The van der Waals surface area contributed by atoms with E-state index in [4.69, 9.17) is 5.73 Å². The van der Waals surface area contributed by atoms with Crippen LogP contribution in [0.4, 0.5) is 13.2 Å². The van der Waals surface area contributed by atoms with E-state index in [0.717, 1.165) is 17.8 Å². The Hall–Kier alpha value is -2.42. The Kier molecular flexibility index (Phi) is 4.98. The maximum atomic E-state index is 12.9. The lowest BCUT2D eigenvalue weighted by Crippen LogP contribution is -2.48. The molecule has 1 aliphatic heterocycles. The third-order valence-electron chi connectivity index (χ3n) is 5.09. The van der Waals surface area contributed by atoms with Crippen molar-refractivity contribution in [2.45, 2.75) is 49.9 Å². The number of carbonyl (C=O) groups excluding carboxylic acids is 1. The van der Waals surface area contributed by atoms with Crippen LogP contribution in [0.1, 0.15) is 49.0 Å². The van der Waals surface area contributed by atoms with Crippen LogP contribution in [0.15, 0.2) is 30.5 Å². The van der Waals surface area contributed by atoms with Crippen molar-refractivity contribution in [3.05, 3.63) is 47.3 Å². The van der Waals surface area contributed by atoms with Crippen LogP contribution >= 0.6 is 0 Å². The van der Waals surface area contributed by atoms with Gasteiger partial charge in [-0.05, 0) is 37.5 Å². The van der Waals surface area contributed by atoms with Crippen molar-refractivity contribution in [3.8, 4) is 0 Å². The van der Waals surface area contributed by atoms with Crippen LogP contribution in [-0.4, -0.2) is 26.9 Å². The number of aromatic nitrogens is 3. The number of amides is 1. The number of aryl methyl sites for hydroxylation is 1. The van der Waals surface area contributed by atoms with Gasteiger partial charge in [0, 0.05) is 31.1 Å². The van der Waals surface area contributed by atoms with Crippen LogP contribution in [-0.2, 0) is 23.4 Å². The van der Waals surface area contributed by atoms with E-state index in [1.54, 1.807) is 17.9 Å². The average Bonchev–Trinajstić information content (AvgIpc) is 2.99. The fourth-order valence-corrected chi connectivity index (χ4v) is 4.06. The van der Waals surface area contributed by atoms with E-state index in [-0.39, 0.29) is 18.5 Å². The first kappa shape index (κ1) is 19.3. The number of piperidine rings is 1. The van der Waals surface area contributed by atoms with Gasteiger partial charge >= 0.3 is 6.18 Å². The quantitative estimate of drug-likeness (QED) is 0.852. The predicted octanol–water partition coefficient (Wildman–Crippen LogP) is 2.46. The molecule has 0 saturated carbocycles. The minimum atomic E-state index is -4.40. The molecule has 3 N–H and O–H groups in total. The van der Waals surface area contributed by atoms with E-state index < -0.39 is 23.1 Å². The summed E-state index contributed by atoms with van der Waals surface area (Å²) in [5.74, 6) is -0.484. The van der Waals surface area contributed by atoms with Gasteiger partial charge in [-0.2, -0.15) is 13.2 Å². The highest BCUT2D eigenvalue weighted by Crippen LogP contribution is 2.44. The molecule has 146 valence electrons. The van der Waals surface area contributed by atoms with Crippen molar-refractivity contribution in [2.75, 3.05) is 0 Å². The zero-order valence-electron chi connectivity index (χ0n) is 15.1. The van der Waals surface area contributed by atoms with Crippen molar-refractivity contribution in [1.82, 2.24) is 20.3 Å². The number of nitrogens with two attached hydrogens (primary N) is 1. The fraction of sp³-hybridized carbons (Fsp3) is 0.500. The molecule has 9 heteroatoms. The van der Waals surface area contributed by atoms with Crippen molar-refractivity contribution in [3.63, 3.8) is 0 Å². The molecule has 0 unspecified atom stereocenters. The molecule has 3 rings (SSSR count). The second-order valence-electron chi connectivity index (χ2n) is 7.34. The maximum Gasteiger partial charge on any atom is 0.416 e. The van der Waals surface area contributed by atoms with Crippen LogP contribution in [0.5, 0.6) is 0 Å². The Morgan fingerprint density at radius 3 is 2.52 bits per heavy atom. The van der Waals surface area contributed by atoms with E-state index in [1.807, 2.05) is 6.92 Å². The maximum absolute atomic E-state index is 12.9. The third kappa shape index (κ3) is 4.13. The molecule has 3 atom stereocenters. The van der Waals surface area contributed by atoms with Crippen LogP contribution in [0.25, 0.3) is 0 Å². The minimum absolute atomic E-state index is 0.0207. The summed E-state index contributed by atoms with van der Waals surface area (Å²) in [6.07, 6.45) is -1.49. The number of halogens is 3. The highest BCUT2D eigenvalue weighted by atomic mass is 19.4. The number of hydrogen-bond donors (Lipinski definition) is 2. The molecule has 1 aliphatic rings. The van der Waals surface area contributed by atoms with Gasteiger partial charge in [-0.15, -0.1) is 5.10 Å². The topological polar surface area (TPSA) is 85.8 Å². The Morgan fingerprint density at radius 2 is 2.00 bits per heavy atom. The molecule has 0 bridgehead atoms. The Bertz CT molecular complexity index is 817. The molecule has 1 saturated heterocycles. The zero-order chi connectivity index (χ0) is 19.8. The molecule has 1 fully saturated rings. The van der Waals surface area contributed by atoms with E-state index in [2.05, 4.69) is 15.6 Å². The first-order valence-electron chi connectivity index (χ1n) is 8.67. The third-order valence-corrected chi connectivity index (χ3v) is 5.09. The Morgan fingerprint density at radius 1 is 1.33 bits per heavy atom. The number of hydrogen-bond acceptors (Lipinski definition) is 4. The number of nitrogens with zero attached hydrogens (tertiary/aromatic N) is 3. The van der Waals surface area contributed by atoms with E-state index in [1.165, 1.54) is 12.1 Å². The van der Waals surface area contributed by atoms with Crippen molar-refractivity contribution in [2.24, 2.45) is 12.8 Å². The van der Waals surface area contributed by atoms with Crippen LogP contribution < -0.4 is 11.1 Å². The van der Waals surface area contributed by atoms with Gasteiger partial charge in [-0.1, -0.05) is 17.3 Å². The lowest BCUT2D eigenvalue weighted by atomic mass is 9.66. The SMILES string of the molecule is C[C@H]1C[C@@](CC(N)=O)(c2ccc(C(F)(F)F)cc2)C[C@@H](c2cn(C)nn2)N1. The number of benzene rings is 1. The van der Waals surface area contributed by atoms with Gasteiger partial charge in [0.2, 0.25) is 5.91 Å². The molecule has 0 radical (unpaired) electrons. The molecule has 1 aromatic carbocycles. The highest BCUT2D eigenvalue weighted by Gasteiger charge is 2.43. The summed E-state index contributed by atoms with van der Waals surface area (Å²) >= 11 is 0. The van der Waals surface area contributed by atoms with E-state index in [9.17, 15) is 18.0 Å². The molecular weight excluding hydrogens is 359 g/mol. The van der Waals surface area contributed by atoms with Crippen molar-refractivity contribution in [1.29, 1.82) is 0 Å². The summed E-state index contributed by atoms with van der Waals surface area (Å²) in [5.41, 5.74) is 5.53. The minimum Gasteiger partial charge on any atom is -0.370 e. The second kappa shape index (κ2) is 6.95. The molecule has 27 heavy (non-hydrogen) atoms. The first-order chi connectivity index (χ1) is 12.6. The van der Waals surface area contributed by atoms with Crippen LogP contribution in [0.2, 0.25) is 0 Å². The summed E-state index contributed by atoms with van der Waals surface area (Å²) in [7, 11) is 1.76. The van der Waals surface area contributed by atoms with Gasteiger partial charge in [-0.3, -0.25) is 9.48 Å². The number of nitrogens with one attached hydrogen (secondary N) is 1. The van der Waals surface area contributed by atoms with Gasteiger partial charge in [0.15, 0.2) is 0 Å². The van der Waals surface area contributed by atoms with Gasteiger partial charge in [0.1, 0.15) is 0 Å². The van der Waals surface area contributed by atoms with E-state index >= 15 is 0 Å². The number of primary amides is 1. The molecule has 0 aliphatic carbocycles. The largest absolute Gasteiger partial charge is 0.416 e. The molecule has 1 amide bonds. The fourth-order valence-electron chi connectivity index (χ4n) is 4.06. The lowest BCUT2D eigenvalue weighted by Gasteiger charge is -2.44. The molecule has 6 nitrogen and oxygen atoms in total. The van der Waals surface area contributed by atoms with E-state index in [0.29, 0.717) is 18.4 Å². The van der Waals surface area contributed by atoms with Gasteiger partial charge in [-0.25, -0.2) is 0 Å². The van der Waals surface area contributed by atoms with Crippen LogP contribution in [0, 0.1) is 0 Å². The molecular formula is C18H22F3N5O. The molecule has 1 aromatic heterocycles. The highest BCUT2D eigenvalue weighted by molar-refractivity contribution is 5.75. The van der Waals surface area contributed by atoms with Crippen molar-refractivity contribution < 1.29 is 18.0 Å². The molecule has 0 spiro atoms. The summed E-state index contributed by atoms with van der Waals surface area (Å²) < 4.78 is 40.3. The summed E-state index contributed by atoms with van der Waals surface area (Å²) in [6.45, 7) is 1.97.